The van der Waals surface area contributed by atoms with Gasteiger partial charge in [0.2, 0.25) is 0 Å². The molecule has 1 nitrogen and oxygen atoms in total. The maximum Gasteiger partial charge on any atom is 0.0717 e. The molecule has 0 unspecified atom stereocenters. The van der Waals surface area contributed by atoms with E-state index in [0.717, 1.165) is 3.57 Å². The Hall–Kier alpha value is 0.810. The van der Waals surface area contributed by atoms with Crippen molar-refractivity contribution < 1.29 is 0 Å². The van der Waals surface area contributed by atoms with Gasteiger partial charge in [-0.1, -0.05) is 23.2 Å². The predicted molar refractivity (Wildman–Crippen MR) is 61.3 cm³/mol. The van der Waals surface area contributed by atoms with E-state index in [-0.39, 0.29) is 0 Å². The van der Waals surface area contributed by atoms with Crippen molar-refractivity contribution in [2.75, 3.05) is 5.73 Å². The third-order valence-corrected chi connectivity index (χ3v) is 4.57. The van der Waals surface area contributed by atoms with Crippen LogP contribution in [0.15, 0.2) is 10.5 Å². The molecule has 0 fully saturated rings. The Balaban J connectivity index is 3.46. The quantitative estimate of drug-likeness (QED) is 0.320. The van der Waals surface area contributed by atoms with Crippen LogP contribution in [-0.2, 0) is 0 Å². The molecule has 0 spiro atoms. The Morgan fingerprint density at radius 1 is 1.45 bits per heavy atom. The number of hydrogen-bond donors (Lipinski definition) is 1. The highest BCUT2D eigenvalue weighted by Gasteiger charge is 2.09. The first kappa shape index (κ1) is 9.89. The standard InChI is InChI=1S/C6H3BrCl2IN/c7-4-2(8)1-3(11)6(10)5(4)9/h1H,11H2. The lowest BCUT2D eigenvalue weighted by molar-refractivity contribution is 1.58. The number of hydrogen-bond acceptors (Lipinski definition) is 1. The summed E-state index contributed by atoms with van der Waals surface area (Å²) in [5, 5.41) is 1.10. The minimum absolute atomic E-state index is 0.535. The largest absolute Gasteiger partial charge is 0.398 e. The molecular weight excluding hydrogens is 364 g/mol. The number of nitrogen functional groups attached to an aromatic ring is 1. The summed E-state index contributed by atoms with van der Waals surface area (Å²) >= 11 is 17.0. The highest BCUT2D eigenvalue weighted by molar-refractivity contribution is 14.1. The van der Waals surface area contributed by atoms with Crippen LogP contribution >= 0.6 is 61.7 Å². The Kier molecular flexibility index (Phi) is 3.31. The van der Waals surface area contributed by atoms with Crippen molar-refractivity contribution in [2.45, 2.75) is 0 Å². The lowest BCUT2D eigenvalue weighted by atomic mass is 10.3. The first-order valence-corrected chi connectivity index (χ1v) is 5.25. The summed E-state index contributed by atoms with van der Waals surface area (Å²) in [6.45, 7) is 0. The maximum absolute atomic E-state index is 5.87. The molecule has 0 saturated heterocycles. The Bertz CT molecular complexity index is 277. The highest BCUT2D eigenvalue weighted by Crippen LogP contribution is 2.37. The fourth-order valence-electron chi connectivity index (χ4n) is 0.591. The number of rotatable bonds is 0. The first-order valence-electron chi connectivity index (χ1n) is 2.62. The summed E-state index contributed by atoms with van der Waals surface area (Å²) in [5.74, 6) is 0. The zero-order valence-electron chi connectivity index (χ0n) is 5.17. The molecule has 0 aliphatic heterocycles. The van der Waals surface area contributed by atoms with Crippen LogP contribution in [0.3, 0.4) is 0 Å². The van der Waals surface area contributed by atoms with Crippen molar-refractivity contribution in [1.29, 1.82) is 0 Å². The third-order valence-electron chi connectivity index (χ3n) is 1.13. The van der Waals surface area contributed by atoms with E-state index < -0.39 is 0 Å². The van der Waals surface area contributed by atoms with Gasteiger partial charge in [0.25, 0.3) is 0 Å². The number of benzene rings is 1. The molecule has 0 bridgehead atoms. The van der Waals surface area contributed by atoms with E-state index in [2.05, 4.69) is 38.5 Å². The third kappa shape index (κ3) is 1.94. The van der Waals surface area contributed by atoms with Crippen LogP contribution < -0.4 is 5.73 Å². The molecule has 0 atom stereocenters. The van der Waals surface area contributed by atoms with E-state index in [9.17, 15) is 0 Å². The predicted octanol–water partition coefficient (Wildman–Crippen LogP) is 3.94. The first-order chi connectivity index (χ1) is 5.04. The smallest absolute Gasteiger partial charge is 0.0717 e. The normalized spacial score (nSPS) is 10.2. The van der Waals surface area contributed by atoms with Gasteiger partial charge in [0.05, 0.1) is 18.1 Å². The average molecular weight is 367 g/mol. The fraction of sp³-hybridized carbons (Fsp3) is 0. The van der Waals surface area contributed by atoms with Gasteiger partial charge in [-0.2, -0.15) is 0 Å². The van der Waals surface area contributed by atoms with Gasteiger partial charge in [0, 0.05) is 5.69 Å². The van der Waals surface area contributed by atoms with Gasteiger partial charge in [0.1, 0.15) is 0 Å². The van der Waals surface area contributed by atoms with Crippen LogP contribution in [0.25, 0.3) is 0 Å². The Morgan fingerprint density at radius 3 is 2.55 bits per heavy atom. The molecule has 0 heterocycles. The summed E-state index contributed by atoms with van der Waals surface area (Å²) in [7, 11) is 0. The average Bonchev–Trinajstić information content (AvgIpc) is 1.97. The Morgan fingerprint density at radius 2 is 2.00 bits per heavy atom. The van der Waals surface area contributed by atoms with E-state index in [1.807, 2.05) is 0 Å². The molecule has 0 saturated carbocycles. The molecule has 1 aromatic rings. The molecule has 60 valence electrons. The lowest BCUT2D eigenvalue weighted by Crippen LogP contribution is -1.90. The molecule has 0 aliphatic rings. The van der Waals surface area contributed by atoms with Crippen molar-refractivity contribution in [1.82, 2.24) is 0 Å². The number of halogens is 4. The van der Waals surface area contributed by atoms with Gasteiger partial charge >= 0.3 is 0 Å². The van der Waals surface area contributed by atoms with Gasteiger partial charge in [-0.3, -0.25) is 0 Å². The fourth-order valence-corrected chi connectivity index (χ4v) is 2.17. The van der Waals surface area contributed by atoms with Gasteiger partial charge in [-0.15, -0.1) is 0 Å². The molecule has 1 aromatic carbocycles. The van der Waals surface area contributed by atoms with E-state index in [1.165, 1.54) is 0 Å². The molecule has 0 aromatic heterocycles. The topological polar surface area (TPSA) is 26.0 Å². The highest BCUT2D eigenvalue weighted by atomic mass is 127. The van der Waals surface area contributed by atoms with Crippen molar-refractivity contribution >= 4 is 67.4 Å². The van der Waals surface area contributed by atoms with Gasteiger partial charge in [0.15, 0.2) is 0 Å². The summed E-state index contributed by atoms with van der Waals surface area (Å²) < 4.78 is 1.51. The zero-order chi connectivity index (χ0) is 8.59. The van der Waals surface area contributed by atoms with Crippen LogP contribution in [0.2, 0.25) is 10.0 Å². The number of anilines is 1. The van der Waals surface area contributed by atoms with Crippen molar-refractivity contribution in [3.05, 3.63) is 24.2 Å². The van der Waals surface area contributed by atoms with Crippen molar-refractivity contribution in [3.63, 3.8) is 0 Å². The summed E-state index contributed by atoms with van der Waals surface area (Å²) in [4.78, 5) is 0. The van der Waals surface area contributed by atoms with Gasteiger partial charge < -0.3 is 5.73 Å². The second-order valence-electron chi connectivity index (χ2n) is 1.89. The van der Waals surface area contributed by atoms with Crippen molar-refractivity contribution in [2.24, 2.45) is 0 Å². The molecule has 0 amide bonds. The SMILES string of the molecule is Nc1cc(Cl)c(Br)c(Cl)c1I. The van der Waals surface area contributed by atoms with E-state index in [0.29, 0.717) is 20.2 Å². The van der Waals surface area contributed by atoms with Crippen molar-refractivity contribution in [3.8, 4) is 0 Å². The molecule has 0 aliphatic carbocycles. The molecular formula is C6H3BrCl2IN. The summed E-state index contributed by atoms with van der Waals surface area (Å²) in [5.41, 5.74) is 6.19. The summed E-state index contributed by atoms with van der Waals surface area (Å²) in [6.07, 6.45) is 0. The van der Waals surface area contributed by atoms with Gasteiger partial charge in [-0.25, -0.2) is 0 Å². The second kappa shape index (κ2) is 3.68. The monoisotopic (exact) mass is 365 g/mol. The molecule has 11 heavy (non-hydrogen) atoms. The number of nitrogens with two attached hydrogens (primary N) is 1. The van der Waals surface area contributed by atoms with E-state index in [1.54, 1.807) is 6.07 Å². The van der Waals surface area contributed by atoms with Crippen LogP contribution in [-0.4, -0.2) is 0 Å². The zero-order valence-corrected chi connectivity index (χ0v) is 10.4. The lowest BCUT2D eigenvalue weighted by Gasteiger charge is -2.04. The van der Waals surface area contributed by atoms with Crippen LogP contribution in [0.4, 0.5) is 5.69 Å². The minimum Gasteiger partial charge on any atom is -0.398 e. The maximum atomic E-state index is 5.87. The summed E-state index contributed by atoms with van der Waals surface area (Å²) in [6, 6.07) is 1.67. The van der Waals surface area contributed by atoms with E-state index in [4.69, 9.17) is 28.9 Å². The van der Waals surface area contributed by atoms with Crippen LogP contribution in [0.5, 0.6) is 0 Å². The van der Waals surface area contributed by atoms with Crippen LogP contribution in [0, 0.1) is 3.57 Å². The molecule has 1 rings (SSSR count). The van der Waals surface area contributed by atoms with Crippen LogP contribution in [0.1, 0.15) is 0 Å². The molecule has 0 radical (unpaired) electrons. The molecule has 2 N–H and O–H groups in total. The minimum atomic E-state index is 0.535. The second-order valence-corrected chi connectivity index (χ2v) is 4.55. The van der Waals surface area contributed by atoms with E-state index >= 15 is 0 Å². The van der Waals surface area contributed by atoms with Gasteiger partial charge in [-0.05, 0) is 44.6 Å². The Labute approximate surface area is 96.5 Å². The molecule has 5 heteroatoms.